The molecule has 3 aromatic rings. The van der Waals surface area contributed by atoms with E-state index in [-0.39, 0.29) is 23.6 Å². The highest BCUT2D eigenvalue weighted by atomic mass is 35.5. The number of hydrogen-bond donors (Lipinski definition) is 2. The van der Waals surface area contributed by atoms with Crippen molar-refractivity contribution >= 4 is 34.3 Å². The van der Waals surface area contributed by atoms with Gasteiger partial charge in [-0.2, -0.15) is 0 Å². The molecule has 1 aliphatic heterocycles. The lowest BCUT2D eigenvalue weighted by molar-refractivity contribution is 0.0790. The van der Waals surface area contributed by atoms with Crippen LogP contribution in [-0.2, 0) is 16.0 Å². The molecule has 4 N–H and O–H groups in total. The maximum Gasteiger partial charge on any atom is 0.409 e. The van der Waals surface area contributed by atoms with Gasteiger partial charge in [-0.1, -0.05) is 37.6 Å². The van der Waals surface area contributed by atoms with Crippen molar-refractivity contribution in [2.45, 2.75) is 46.3 Å². The van der Waals surface area contributed by atoms with Crippen molar-refractivity contribution in [1.82, 2.24) is 14.5 Å². The molecule has 0 atom stereocenters. The monoisotopic (exact) mass is 583 g/mol. The van der Waals surface area contributed by atoms with Crippen molar-refractivity contribution in [2.24, 2.45) is 11.5 Å². The number of nitrogens with two attached hydrogens (primary N) is 2. The molecule has 0 bridgehead atoms. The Morgan fingerprint density at radius 1 is 1.07 bits per heavy atom. The molecule has 220 valence electrons. The minimum Gasteiger partial charge on any atom is -0.490 e. The van der Waals surface area contributed by atoms with Gasteiger partial charge in [-0.15, -0.1) is 0 Å². The number of aryl methyl sites for hydroxylation is 1. The Balaban J connectivity index is 0.00000226. The number of methoxy groups -OCH3 is 2. The van der Waals surface area contributed by atoms with E-state index in [1.165, 1.54) is 14.2 Å². The van der Waals surface area contributed by atoms with Gasteiger partial charge in [-0.3, -0.25) is 9.36 Å². The third-order valence-electron chi connectivity index (χ3n) is 6.64. The first-order valence-electron chi connectivity index (χ1n) is 13.5. The number of likely N-dealkylation sites (tertiary alicyclic amines) is 1. The van der Waals surface area contributed by atoms with Gasteiger partial charge in [0.05, 0.1) is 31.7 Å². The van der Waals surface area contributed by atoms with Crippen LogP contribution in [0.5, 0.6) is 5.75 Å². The van der Waals surface area contributed by atoms with Crippen molar-refractivity contribution < 1.29 is 19.0 Å². The van der Waals surface area contributed by atoms with E-state index in [0.29, 0.717) is 71.2 Å². The van der Waals surface area contributed by atoms with E-state index in [0.717, 1.165) is 5.56 Å². The Kier molecular flexibility index (Phi) is 11.0. The number of ether oxygens (including phenoxy) is 3. The summed E-state index contributed by atoms with van der Waals surface area (Å²) in [6, 6.07) is 10.8. The second-order valence-corrected chi connectivity index (χ2v) is 9.65. The van der Waals surface area contributed by atoms with Crippen LogP contribution in [0.15, 0.2) is 59.2 Å². The maximum atomic E-state index is 13.6. The summed E-state index contributed by atoms with van der Waals surface area (Å²) in [4.78, 5) is 31.9. The minimum atomic E-state index is -0.364. The molecule has 0 unspecified atom stereocenters. The zero-order chi connectivity index (χ0) is 30.1. The van der Waals surface area contributed by atoms with Gasteiger partial charge in [-0.25, -0.2) is 9.78 Å². The predicted octanol–water partition coefficient (Wildman–Crippen LogP) is 4.79. The third kappa shape index (κ3) is 7.73. The van der Waals surface area contributed by atoms with Crippen molar-refractivity contribution in [3.63, 3.8) is 0 Å². The molecule has 2 heterocycles. The second-order valence-electron chi connectivity index (χ2n) is 9.21. The van der Waals surface area contributed by atoms with Crippen molar-refractivity contribution in [3.05, 3.63) is 86.8 Å². The molecular weight excluding hydrogens is 546 g/mol. The number of hydrogen-bond acceptors (Lipinski definition) is 8. The second kappa shape index (κ2) is 14.5. The topological polar surface area (TPSA) is 135 Å². The average molecular weight is 584 g/mol. The molecular formula is C30H38ClN5O5. The smallest absolute Gasteiger partial charge is 0.409 e. The molecule has 41 heavy (non-hydrogen) atoms. The molecule has 4 rings (SSSR count). The number of fused-ring (bicyclic) bond motifs is 1. The molecule has 1 aromatic heterocycles. The van der Waals surface area contributed by atoms with E-state index in [2.05, 4.69) is 0 Å². The molecule has 0 spiro atoms. The highest BCUT2D eigenvalue weighted by Gasteiger charge is 2.26. The average Bonchev–Trinajstić information content (AvgIpc) is 2.99. The molecule has 0 saturated carbocycles. The molecule has 11 heteroatoms. The molecule has 0 radical (unpaired) electrons. The van der Waals surface area contributed by atoms with Crippen LogP contribution in [-0.4, -0.2) is 54.0 Å². The van der Waals surface area contributed by atoms with Crippen molar-refractivity contribution in [1.29, 1.82) is 0 Å². The van der Waals surface area contributed by atoms with Crippen LogP contribution in [0.2, 0.25) is 5.02 Å². The lowest BCUT2D eigenvalue weighted by Gasteiger charge is -2.31. The van der Waals surface area contributed by atoms with Gasteiger partial charge >= 0.3 is 6.09 Å². The van der Waals surface area contributed by atoms with Gasteiger partial charge in [0, 0.05) is 42.2 Å². The molecule has 1 fully saturated rings. The van der Waals surface area contributed by atoms with Crippen LogP contribution >= 0.6 is 11.6 Å². The number of benzene rings is 2. The first-order valence-corrected chi connectivity index (χ1v) is 13.8. The summed E-state index contributed by atoms with van der Waals surface area (Å²) in [5.41, 5.74) is 14.3. The lowest BCUT2D eigenvalue weighted by atomic mass is 10.1. The number of halogens is 1. The van der Waals surface area contributed by atoms with Crippen LogP contribution in [0.1, 0.15) is 43.6 Å². The summed E-state index contributed by atoms with van der Waals surface area (Å²) >= 11 is 6.02. The number of aromatic nitrogens is 2. The highest BCUT2D eigenvalue weighted by molar-refractivity contribution is 6.30. The Labute approximate surface area is 245 Å². The van der Waals surface area contributed by atoms with E-state index in [4.69, 9.17) is 42.3 Å². The number of rotatable bonds is 7. The SMILES string of the molecule is CC.COC(=O)N1CCC(Oc2cc3c(=O)n(Cc4ccc(Cl)cc4)c(C)nc3cc2/C(N)=C/C=C(\N)OC)CC1. The fourth-order valence-corrected chi connectivity index (χ4v) is 4.56. The van der Waals surface area contributed by atoms with Gasteiger partial charge in [-0.05, 0) is 48.9 Å². The van der Waals surface area contributed by atoms with Crippen LogP contribution in [0.25, 0.3) is 16.6 Å². The minimum absolute atomic E-state index is 0.190. The maximum absolute atomic E-state index is 13.6. The fourth-order valence-electron chi connectivity index (χ4n) is 4.44. The van der Waals surface area contributed by atoms with Gasteiger partial charge in [0.2, 0.25) is 0 Å². The molecule has 2 aromatic carbocycles. The van der Waals surface area contributed by atoms with Gasteiger partial charge in [0.1, 0.15) is 17.7 Å². The molecule has 10 nitrogen and oxygen atoms in total. The lowest BCUT2D eigenvalue weighted by Crippen LogP contribution is -2.41. The standard InChI is InChI=1S/C28H32ClN5O5.C2H6/c1-17-32-24-14-21(23(30)8-9-26(31)37-2)25(39-20-10-12-33(13-11-20)28(36)38-3)15-22(24)27(35)34(17)16-18-4-6-19(29)7-5-18;1-2/h4-9,14-15,20H,10-13,16,30-31H2,1-3H3;1-2H3/b23-8-,26-9+;. The summed E-state index contributed by atoms with van der Waals surface area (Å²) in [6.07, 6.45) is 3.79. The molecule has 0 aliphatic carbocycles. The first kappa shape index (κ1) is 31.3. The zero-order valence-corrected chi connectivity index (χ0v) is 24.9. The molecule has 1 amide bonds. The van der Waals surface area contributed by atoms with Gasteiger partial charge in [0.15, 0.2) is 5.88 Å². The Morgan fingerprint density at radius 2 is 1.73 bits per heavy atom. The summed E-state index contributed by atoms with van der Waals surface area (Å²) in [6.45, 7) is 7.12. The van der Waals surface area contributed by atoms with E-state index in [1.807, 2.05) is 26.0 Å². The zero-order valence-electron chi connectivity index (χ0n) is 24.1. The third-order valence-corrected chi connectivity index (χ3v) is 6.89. The van der Waals surface area contributed by atoms with Crippen LogP contribution in [0, 0.1) is 6.92 Å². The fraction of sp³-hybridized carbons (Fsp3) is 0.367. The summed E-state index contributed by atoms with van der Waals surface area (Å²) < 4.78 is 17.8. The normalized spacial score (nSPS) is 14.3. The van der Waals surface area contributed by atoms with Crippen LogP contribution in [0.3, 0.4) is 0 Å². The molecule has 1 saturated heterocycles. The Morgan fingerprint density at radius 3 is 2.34 bits per heavy atom. The number of allylic oxidation sites excluding steroid dienone is 2. The van der Waals surface area contributed by atoms with Gasteiger partial charge in [0.25, 0.3) is 5.56 Å². The van der Waals surface area contributed by atoms with E-state index >= 15 is 0 Å². The van der Waals surface area contributed by atoms with Crippen molar-refractivity contribution in [2.75, 3.05) is 27.3 Å². The first-order chi connectivity index (χ1) is 19.7. The summed E-state index contributed by atoms with van der Waals surface area (Å²) in [7, 11) is 2.82. The summed E-state index contributed by atoms with van der Waals surface area (Å²) in [5, 5.41) is 1.03. The quantitative estimate of drug-likeness (QED) is 0.299. The number of piperidine rings is 1. The number of nitrogens with zero attached hydrogens (tertiary/aromatic N) is 3. The molecule has 1 aliphatic rings. The largest absolute Gasteiger partial charge is 0.490 e. The van der Waals surface area contributed by atoms with Crippen LogP contribution in [0.4, 0.5) is 4.79 Å². The number of amides is 1. The van der Waals surface area contributed by atoms with Gasteiger partial charge < -0.3 is 30.6 Å². The van der Waals surface area contributed by atoms with Crippen LogP contribution < -0.4 is 21.8 Å². The highest BCUT2D eigenvalue weighted by Crippen LogP contribution is 2.30. The van der Waals surface area contributed by atoms with E-state index in [9.17, 15) is 9.59 Å². The van der Waals surface area contributed by atoms with E-state index in [1.54, 1.807) is 52.8 Å². The van der Waals surface area contributed by atoms with E-state index < -0.39 is 0 Å². The Hall–Kier alpha value is -4.18. The number of carbonyl (C=O) groups is 1. The Bertz CT molecular complexity index is 1480. The predicted molar refractivity (Wildman–Crippen MR) is 162 cm³/mol. The van der Waals surface area contributed by atoms with Crippen molar-refractivity contribution in [3.8, 4) is 5.75 Å². The number of carbonyl (C=O) groups excluding carboxylic acids is 1. The summed E-state index contributed by atoms with van der Waals surface area (Å²) in [5.74, 6) is 1.19.